The predicted octanol–water partition coefficient (Wildman–Crippen LogP) is 0.525. The molecule has 1 aromatic carbocycles. The molecule has 0 saturated carbocycles. The number of sulfonamides is 1. The van der Waals surface area contributed by atoms with Crippen molar-refractivity contribution in [3.05, 3.63) is 28.4 Å². The molecule has 1 heterocycles. The monoisotopic (exact) mass is 402 g/mol. The molecular weight excluding hydrogens is 388 g/mol. The molecule has 8 nitrogen and oxygen atoms in total. The van der Waals surface area contributed by atoms with Crippen molar-refractivity contribution in [1.82, 2.24) is 9.29 Å². The standard InChI is InChI=1S/C13H15BrN4O4S/c1-18(5-4-10(15)19)23(21,22)12-8-6-7(14)2-3-9(8)17-11(12)13(16)20/h2-3,6,17H,4-5H2,1H3,(H2,15,19)(H2,16,20). The van der Waals surface area contributed by atoms with Gasteiger partial charge in [-0.05, 0) is 18.2 Å². The number of hydrogen-bond acceptors (Lipinski definition) is 4. The van der Waals surface area contributed by atoms with E-state index >= 15 is 0 Å². The van der Waals surface area contributed by atoms with E-state index in [1.165, 1.54) is 7.05 Å². The zero-order chi connectivity index (χ0) is 17.4. The number of hydrogen-bond donors (Lipinski definition) is 3. The molecule has 0 unspecified atom stereocenters. The lowest BCUT2D eigenvalue weighted by Gasteiger charge is -2.16. The van der Waals surface area contributed by atoms with Gasteiger partial charge in [0.1, 0.15) is 10.6 Å². The van der Waals surface area contributed by atoms with Crippen LogP contribution in [0, 0.1) is 0 Å². The zero-order valence-corrected chi connectivity index (χ0v) is 14.6. The minimum Gasteiger partial charge on any atom is -0.370 e. The van der Waals surface area contributed by atoms with Gasteiger partial charge in [-0.1, -0.05) is 15.9 Å². The van der Waals surface area contributed by atoms with Crippen LogP contribution in [0.25, 0.3) is 10.9 Å². The smallest absolute Gasteiger partial charge is 0.266 e. The number of carbonyl (C=O) groups is 2. The summed E-state index contributed by atoms with van der Waals surface area (Å²) in [5.74, 6) is -1.51. The molecule has 10 heteroatoms. The zero-order valence-electron chi connectivity index (χ0n) is 12.2. The summed E-state index contributed by atoms with van der Waals surface area (Å²) in [6.45, 7) is -0.101. The van der Waals surface area contributed by atoms with Crippen molar-refractivity contribution < 1.29 is 18.0 Å². The van der Waals surface area contributed by atoms with Gasteiger partial charge in [0, 0.05) is 35.4 Å². The summed E-state index contributed by atoms with van der Waals surface area (Å²) in [5.41, 5.74) is 10.6. The second kappa shape index (κ2) is 6.30. The van der Waals surface area contributed by atoms with Gasteiger partial charge in [0.05, 0.1) is 0 Å². The third-order valence-corrected chi connectivity index (χ3v) is 5.74. The van der Waals surface area contributed by atoms with Gasteiger partial charge in [-0.25, -0.2) is 12.7 Å². The molecule has 0 aliphatic heterocycles. The van der Waals surface area contributed by atoms with E-state index in [1.807, 2.05) is 0 Å². The van der Waals surface area contributed by atoms with Crippen LogP contribution in [-0.2, 0) is 14.8 Å². The highest BCUT2D eigenvalue weighted by molar-refractivity contribution is 9.10. The Morgan fingerprint density at radius 3 is 2.52 bits per heavy atom. The van der Waals surface area contributed by atoms with Crippen molar-refractivity contribution in [3.8, 4) is 0 Å². The Hall–Kier alpha value is -1.91. The van der Waals surface area contributed by atoms with E-state index in [4.69, 9.17) is 11.5 Å². The van der Waals surface area contributed by atoms with Gasteiger partial charge in [0.15, 0.2) is 0 Å². The number of halogens is 1. The van der Waals surface area contributed by atoms with Crippen LogP contribution < -0.4 is 11.5 Å². The molecule has 1 aromatic heterocycles. The lowest BCUT2D eigenvalue weighted by Crippen LogP contribution is -2.32. The Labute approximate surface area is 141 Å². The number of amides is 2. The number of nitrogens with one attached hydrogen (secondary N) is 1. The first-order chi connectivity index (χ1) is 10.6. The molecule has 0 atom stereocenters. The number of H-pyrrole nitrogens is 1. The Bertz CT molecular complexity index is 891. The van der Waals surface area contributed by atoms with E-state index in [9.17, 15) is 18.0 Å². The van der Waals surface area contributed by atoms with Gasteiger partial charge in [0.2, 0.25) is 15.9 Å². The van der Waals surface area contributed by atoms with Crippen molar-refractivity contribution in [2.24, 2.45) is 11.5 Å². The molecule has 0 aliphatic rings. The van der Waals surface area contributed by atoms with Crippen LogP contribution in [0.15, 0.2) is 27.6 Å². The van der Waals surface area contributed by atoms with E-state index < -0.39 is 21.8 Å². The minimum atomic E-state index is -4.04. The van der Waals surface area contributed by atoms with E-state index in [0.717, 1.165) is 4.31 Å². The van der Waals surface area contributed by atoms with Crippen molar-refractivity contribution in [1.29, 1.82) is 0 Å². The van der Waals surface area contributed by atoms with E-state index in [1.54, 1.807) is 18.2 Å². The second-order valence-corrected chi connectivity index (χ2v) is 7.82. The summed E-state index contributed by atoms with van der Waals surface area (Å²) in [4.78, 5) is 25.0. The largest absolute Gasteiger partial charge is 0.370 e. The molecule has 2 aromatic rings. The second-order valence-electron chi connectivity index (χ2n) is 4.93. The number of rotatable bonds is 6. The lowest BCUT2D eigenvalue weighted by atomic mass is 10.2. The molecule has 2 amide bonds. The van der Waals surface area contributed by atoms with Crippen LogP contribution in [0.1, 0.15) is 16.9 Å². The number of carbonyl (C=O) groups excluding carboxylic acids is 2. The van der Waals surface area contributed by atoms with Crippen molar-refractivity contribution in [2.45, 2.75) is 11.3 Å². The molecule has 5 N–H and O–H groups in total. The maximum absolute atomic E-state index is 12.8. The summed E-state index contributed by atoms with van der Waals surface area (Å²) >= 11 is 3.27. The molecule has 0 bridgehead atoms. The number of primary amides is 2. The van der Waals surface area contributed by atoms with Gasteiger partial charge >= 0.3 is 0 Å². The highest BCUT2D eigenvalue weighted by Crippen LogP contribution is 2.31. The molecule has 0 radical (unpaired) electrons. The van der Waals surface area contributed by atoms with Gasteiger partial charge in [0.25, 0.3) is 5.91 Å². The third-order valence-electron chi connectivity index (χ3n) is 3.30. The molecule has 0 aliphatic carbocycles. The number of fused-ring (bicyclic) bond motifs is 1. The average Bonchev–Trinajstić information content (AvgIpc) is 2.83. The van der Waals surface area contributed by atoms with Crippen LogP contribution in [0.4, 0.5) is 0 Å². The number of benzene rings is 1. The van der Waals surface area contributed by atoms with Gasteiger partial charge in [-0.3, -0.25) is 9.59 Å². The van der Waals surface area contributed by atoms with Crippen molar-refractivity contribution >= 4 is 48.7 Å². The van der Waals surface area contributed by atoms with Gasteiger partial charge < -0.3 is 16.5 Å². The van der Waals surface area contributed by atoms with Crippen LogP contribution >= 0.6 is 15.9 Å². The van der Waals surface area contributed by atoms with Crippen LogP contribution in [0.5, 0.6) is 0 Å². The first-order valence-electron chi connectivity index (χ1n) is 6.50. The molecule has 124 valence electrons. The van der Waals surface area contributed by atoms with Crippen molar-refractivity contribution in [2.75, 3.05) is 13.6 Å². The van der Waals surface area contributed by atoms with E-state index in [-0.39, 0.29) is 23.6 Å². The summed E-state index contributed by atoms with van der Waals surface area (Å²) < 4.78 is 27.2. The molecule has 0 spiro atoms. The molecule has 23 heavy (non-hydrogen) atoms. The average molecular weight is 403 g/mol. The van der Waals surface area contributed by atoms with Crippen LogP contribution in [0.3, 0.4) is 0 Å². The maximum Gasteiger partial charge on any atom is 0.266 e. The fourth-order valence-corrected chi connectivity index (χ4v) is 3.99. The fourth-order valence-electron chi connectivity index (χ4n) is 2.12. The minimum absolute atomic E-state index is 0.101. The first kappa shape index (κ1) is 17.4. The summed E-state index contributed by atoms with van der Waals surface area (Å²) in [6, 6.07) is 4.91. The summed E-state index contributed by atoms with van der Waals surface area (Å²) in [7, 11) is -2.73. The summed E-state index contributed by atoms with van der Waals surface area (Å²) in [5, 5.41) is 0.333. The third kappa shape index (κ3) is 3.38. The number of nitrogens with zero attached hydrogens (tertiary/aromatic N) is 1. The topological polar surface area (TPSA) is 139 Å². The van der Waals surface area contributed by atoms with Crippen molar-refractivity contribution in [3.63, 3.8) is 0 Å². The van der Waals surface area contributed by atoms with Gasteiger partial charge in [-0.15, -0.1) is 0 Å². The van der Waals surface area contributed by atoms with Gasteiger partial charge in [-0.2, -0.15) is 0 Å². The summed E-state index contributed by atoms with van der Waals surface area (Å²) in [6.07, 6.45) is -0.131. The number of nitrogens with two attached hydrogens (primary N) is 2. The Morgan fingerprint density at radius 1 is 1.30 bits per heavy atom. The quantitative estimate of drug-likeness (QED) is 0.647. The Morgan fingerprint density at radius 2 is 1.96 bits per heavy atom. The highest BCUT2D eigenvalue weighted by Gasteiger charge is 2.30. The Balaban J connectivity index is 2.64. The Kier molecular flexibility index (Phi) is 4.78. The number of aromatic amines is 1. The molecular formula is C13H15BrN4O4S. The molecule has 0 saturated heterocycles. The van der Waals surface area contributed by atoms with Crippen LogP contribution in [-0.4, -0.2) is 43.1 Å². The first-order valence-corrected chi connectivity index (χ1v) is 8.73. The SMILES string of the molecule is CN(CCC(N)=O)S(=O)(=O)c1c(C(N)=O)[nH]c2ccc(Br)cc12. The molecule has 2 rings (SSSR count). The lowest BCUT2D eigenvalue weighted by molar-refractivity contribution is -0.118. The predicted molar refractivity (Wildman–Crippen MR) is 88.1 cm³/mol. The van der Waals surface area contributed by atoms with E-state index in [2.05, 4.69) is 20.9 Å². The number of aromatic nitrogens is 1. The van der Waals surface area contributed by atoms with Crippen LogP contribution in [0.2, 0.25) is 0 Å². The molecule has 0 fully saturated rings. The fraction of sp³-hybridized carbons (Fsp3) is 0.231. The maximum atomic E-state index is 12.8. The normalized spacial score (nSPS) is 12.0. The van der Waals surface area contributed by atoms with E-state index in [0.29, 0.717) is 15.4 Å². The highest BCUT2D eigenvalue weighted by atomic mass is 79.9.